The lowest BCUT2D eigenvalue weighted by atomic mass is 10.0. The van der Waals surface area contributed by atoms with Gasteiger partial charge in [-0.15, -0.1) is 0 Å². The van der Waals surface area contributed by atoms with Gasteiger partial charge in [-0.3, -0.25) is 0 Å². The summed E-state index contributed by atoms with van der Waals surface area (Å²) in [6, 6.07) is 9.65. The van der Waals surface area contributed by atoms with Gasteiger partial charge in [-0.2, -0.15) is 0 Å². The molecule has 0 aliphatic rings. The quantitative estimate of drug-likeness (QED) is 0.357. The predicted octanol–water partition coefficient (Wildman–Crippen LogP) is 6.01. The Labute approximate surface area is 141 Å². The van der Waals surface area contributed by atoms with Crippen LogP contribution < -0.4 is 0 Å². The van der Waals surface area contributed by atoms with E-state index in [4.69, 9.17) is 0 Å². The van der Waals surface area contributed by atoms with Crippen LogP contribution in [-0.2, 0) is 6.42 Å². The van der Waals surface area contributed by atoms with Crippen molar-refractivity contribution in [1.82, 2.24) is 0 Å². The summed E-state index contributed by atoms with van der Waals surface area (Å²) >= 11 is 9.24. The van der Waals surface area contributed by atoms with Crippen LogP contribution in [0, 0.1) is 15.2 Å². The second-order valence-corrected chi connectivity index (χ2v) is 7.26. The highest BCUT2D eigenvalue weighted by Crippen LogP contribution is 2.33. The summed E-state index contributed by atoms with van der Waals surface area (Å²) in [4.78, 5) is -0.0168. The van der Waals surface area contributed by atoms with Crippen molar-refractivity contribution in [3.05, 3.63) is 67.2 Å². The molecule has 0 nitrogen and oxygen atoms in total. The second kappa shape index (κ2) is 6.63. The molecule has 0 aliphatic heterocycles. The summed E-state index contributed by atoms with van der Waals surface area (Å²) < 4.78 is 28.6. The van der Waals surface area contributed by atoms with E-state index in [9.17, 15) is 8.78 Å². The molecule has 0 saturated carbocycles. The molecule has 0 heterocycles. The van der Waals surface area contributed by atoms with Crippen molar-refractivity contribution in [1.29, 1.82) is 0 Å². The van der Waals surface area contributed by atoms with E-state index in [2.05, 4.69) is 54.5 Å². The van der Waals surface area contributed by atoms with Gasteiger partial charge < -0.3 is 0 Å². The van der Waals surface area contributed by atoms with Gasteiger partial charge >= 0.3 is 0 Å². The Hall–Kier alpha value is -0.0100. The lowest BCUT2D eigenvalue weighted by molar-refractivity contribution is 0.571. The molecule has 0 spiro atoms. The summed E-state index contributed by atoms with van der Waals surface area (Å²) in [6.45, 7) is 0. The van der Waals surface area contributed by atoms with Gasteiger partial charge in [-0.1, -0.05) is 37.9 Å². The number of halogens is 5. The summed E-state index contributed by atoms with van der Waals surface area (Å²) in [7, 11) is 0. The highest BCUT2D eigenvalue weighted by molar-refractivity contribution is 14.1. The van der Waals surface area contributed by atoms with E-state index in [1.165, 1.54) is 12.1 Å². The molecule has 0 aromatic heterocycles. The maximum absolute atomic E-state index is 13.6. The smallest absolute Gasteiger partial charge is 0.129 e. The Balaban J connectivity index is 2.25. The van der Waals surface area contributed by atoms with Gasteiger partial charge in [0.2, 0.25) is 0 Å². The van der Waals surface area contributed by atoms with Crippen molar-refractivity contribution in [2.45, 2.75) is 11.2 Å². The van der Waals surface area contributed by atoms with E-state index < -0.39 is 11.6 Å². The molecule has 0 bridgehead atoms. The monoisotopic (exact) mass is 500 g/mol. The first kappa shape index (κ1) is 15.4. The van der Waals surface area contributed by atoms with Gasteiger partial charge in [0.05, 0.1) is 0 Å². The van der Waals surface area contributed by atoms with E-state index in [1.807, 2.05) is 18.2 Å². The number of benzene rings is 2. The first-order chi connectivity index (χ1) is 8.97. The third kappa shape index (κ3) is 3.98. The van der Waals surface area contributed by atoms with Crippen LogP contribution in [0.5, 0.6) is 0 Å². The first-order valence-corrected chi connectivity index (χ1v) is 8.29. The van der Waals surface area contributed by atoms with Crippen molar-refractivity contribution in [3.8, 4) is 0 Å². The molecule has 0 radical (unpaired) electrons. The summed E-state index contributed by atoms with van der Waals surface area (Å²) in [5, 5.41) is 0. The molecular formula is C14H9Br2F2I. The molecule has 0 amide bonds. The van der Waals surface area contributed by atoms with Gasteiger partial charge in [0, 0.05) is 18.9 Å². The maximum Gasteiger partial charge on any atom is 0.129 e. The average Bonchev–Trinajstić information content (AvgIpc) is 2.35. The van der Waals surface area contributed by atoms with Crippen LogP contribution in [0.25, 0.3) is 0 Å². The van der Waals surface area contributed by atoms with E-state index in [0.29, 0.717) is 12.0 Å². The van der Waals surface area contributed by atoms with Crippen LogP contribution in [0.15, 0.2) is 40.9 Å². The summed E-state index contributed by atoms with van der Waals surface area (Å²) in [5.74, 6) is -1.06. The van der Waals surface area contributed by atoms with Crippen LogP contribution in [0.3, 0.4) is 0 Å². The third-order valence-corrected chi connectivity index (χ3v) is 5.00. The van der Waals surface area contributed by atoms with Gasteiger partial charge in [0.1, 0.15) is 11.6 Å². The molecule has 0 saturated heterocycles. The maximum atomic E-state index is 13.6. The van der Waals surface area contributed by atoms with Gasteiger partial charge in [-0.25, -0.2) is 8.78 Å². The van der Waals surface area contributed by atoms with Crippen LogP contribution >= 0.6 is 54.5 Å². The van der Waals surface area contributed by atoms with E-state index in [-0.39, 0.29) is 4.83 Å². The highest BCUT2D eigenvalue weighted by atomic mass is 127. The van der Waals surface area contributed by atoms with E-state index in [0.717, 1.165) is 19.7 Å². The fourth-order valence-corrected chi connectivity index (χ4v) is 3.99. The van der Waals surface area contributed by atoms with E-state index >= 15 is 0 Å². The Morgan fingerprint density at radius 1 is 1.11 bits per heavy atom. The fraction of sp³-hybridized carbons (Fsp3) is 0.143. The van der Waals surface area contributed by atoms with Crippen LogP contribution in [0.2, 0.25) is 0 Å². The average molecular weight is 502 g/mol. The highest BCUT2D eigenvalue weighted by Gasteiger charge is 2.15. The Morgan fingerprint density at radius 2 is 1.84 bits per heavy atom. The molecule has 5 heteroatoms. The SMILES string of the molecule is Fc1ccc(CC(Br)c2cc(Br)ccc2I)c(F)c1. The predicted molar refractivity (Wildman–Crippen MR) is 88.6 cm³/mol. The van der Waals surface area contributed by atoms with Gasteiger partial charge in [-0.05, 0) is 64.4 Å². The molecule has 0 aliphatic carbocycles. The van der Waals surface area contributed by atoms with Crippen LogP contribution in [0.1, 0.15) is 16.0 Å². The Bertz CT molecular complexity index is 602. The number of hydrogen-bond donors (Lipinski definition) is 0. The second-order valence-electron chi connectivity index (χ2n) is 4.07. The zero-order valence-corrected chi connectivity index (χ0v) is 15.0. The molecule has 0 fully saturated rings. The van der Waals surface area contributed by atoms with Crippen LogP contribution in [-0.4, -0.2) is 0 Å². The first-order valence-electron chi connectivity index (χ1n) is 5.50. The molecular weight excluding hydrogens is 493 g/mol. The molecule has 19 heavy (non-hydrogen) atoms. The van der Waals surface area contributed by atoms with Crippen molar-refractivity contribution in [3.63, 3.8) is 0 Å². The molecule has 100 valence electrons. The number of rotatable bonds is 3. The Kier molecular flexibility index (Phi) is 5.37. The zero-order valence-electron chi connectivity index (χ0n) is 9.64. The topological polar surface area (TPSA) is 0 Å². The molecule has 0 N–H and O–H groups in total. The normalized spacial score (nSPS) is 12.5. The van der Waals surface area contributed by atoms with Crippen molar-refractivity contribution < 1.29 is 8.78 Å². The number of alkyl halides is 1. The minimum Gasteiger partial charge on any atom is -0.207 e. The molecule has 2 aromatic rings. The third-order valence-electron chi connectivity index (χ3n) is 2.71. The molecule has 1 atom stereocenters. The molecule has 2 rings (SSSR count). The van der Waals surface area contributed by atoms with Crippen molar-refractivity contribution in [2.75, 3.05) is 0 Å². The Morgan fingerprint density at radius 3 is 2.53 bits per heavy atom. The summed E-state index contributed by atoms with van der Waals surface area (Å²) in [6.07, 6.45) is 0.471. The summed E-state index contributed by atoms with van der Waals surface area (Å²) in [5.41, 5.74) is 1.58. The molecule has 2 aromatic carbocycles. The van der Waals surface area contributed by atoms with Crippen molar-refractivity contribution in [2.24, 2.45) is 0 Å². The van der Waals surface area contributed by atoms with E-state index in [1.54, 1.807) is 0 Å². The zero-order chi connectivity index (χ0) is 14.0. The lowest BCUT2D eigenvalue weighted by Crippen LogP contribution is -2.00. The minimum atomic E-state index is -0.551. The standard InChI is InChI=1S/C14H9Br2F2I/c15-9-2-4-14(19)11(6-9)12(16)5-8-1-3-10(17)7-13(8)18/h1-4,6-7,12H,5H2. The molecule has 1 unspecified atom stereocenters. The van der Waals surface area contributed by atoms with Gasteiger partial charge in [0.15, 0.2) is 0 Å². The van der Waals surface area contributed by atoms with Crippen molar-refractivity contribution >= 4 is 54.5 Å². The lowest BCUT2D eigenvalue weighted by Gasteiger charge is -2.13. The van der Waals surface area contributed by atoms with Crippen LogP contribution in [0.4, 0.5) is 8.78 Å². The largest absolute Gasteiger partial charge is 0.207 e. The van der Waals surface area contributed by atoms with Gasteiger partial charge in [0.25, 0.3) is 0 Å². The fourth-order valence-electron chi connectivity index (χ4n) is 1.74. The minimum absolute atomic E-state index is 0.0168. The number of hydrogen-bond acceptors (Lipinski definition) is 0.